The van der Waals surface area contributed by atoms with E-state index in [1.54, 1.807) is 0 Å². The van der Waals surface area contributed by atoms with Gasteiger partial charge in [0.25, 0.3) is 0 Å². The molecule has 0 amide bonds. The van der Waals surface area contributed by atoms with E-state index in [1.807, 2.05) is 25.6 Å². The molecule has 1 saturated heterocycles. The summed E-state index contributed by atoms with van der Waals surface area (Å²) in [6.07, 6.45) is 11.5. The van der Waals surface area contributed by atoms with E-state index in [9.17, 15) is 0 Å². The van der Waals surface area contributed by atoms with Crippen molar-refractivity contribution in [1.82, 2.24) is 15.3 Å². The van der Waals surface area contributed by atoms with Gasteiger partial charge in [-0.3, -0.25) is 0 Å². The van der Waals surface area contributed by atoms with E-state index in [1.165, 1.54) is 38.5 Å². The minimum absolute atomic E-state index is 0.377. The van der Waals surface area contributed by atoms with Crippen LogP contribution >= 0.6 is 0 Å². The first-order valence-corrected chi connectivity index (χ1v) is 8.17. The molecule has 0 bridgehead atoms. The molecule has 0 spiro atoms. The minimum Gasteiger partial charge on any atom is -0.380 e. The van der Waals surface area contributed by atoms with E-state index in [-0.39, 0.29) is 0 Å². The first-order chi connectivity index (χ1) is 10.4. The Morgan fingerprint density at radius 3 is 2.76 bits per heavy atom. The fraction of sp³-hybridized carbons (Fsp3) is 0.750. The van der Waals surface area contributed by atoms with Crippen molar-refractivity contribution in [1.29, 1.82) is 0 Å². The topological polar surface area (TPSA) is 50.3 Å². The standard InChI is InChI=1S/C16H26N4O/c1-21-15-8-3-2-7-14(15)19-13-6-4-11-20(12-13)16-17-9-5-10-18-16/h5,9-10,13-15,19H,2-4,6-8,11-12H2,1H3. The second-order valence-electron chi connectivity index (χ2n) is 6.17. The van der Waals surface area contributed by atoms with Gasteiger partial charge in [-0.1, -0.05) is 12.8 Å². The summed E-state index contributed by atoms with van der Waals surface area (Å²) in [6.45, 7) is 2.05. The maximum absolute atomic E-state index is 5.66. The SMILES string of the molecule is COC1CCCCC1NC1CCCN(c2ncccn2)C1. The van der Waals surface area contributed by atoms with Crippen LogP contribution in [0.25, 0.3) is 0 Å². The van der Waals surface area contributed by atoms with Crippen LogP contribution in [0.5, 0.6) is 0 Å². The van der Waals surface area contributed by atoms with Crippen molar-refractivity contribution in [2.45, 2.75) is 56.7 Å². The van der Waals surface area contributed by atoms with Crippen LogP contribution in [-0.4, -0.2) is 48.4 Å². The maximum Gasteiger partial charge on any atom is 0.225 e. The predicted molar refractivity (Wildman–Crippen MR) is 83.5 cm³/mol. The van der Waals surface area contributed by atoms with Gasteiger partial charge in [-0.25, -0.2) is 9.97 Å². The third-order valence-electron chi connectivity index (χ3n) is 4.71. The van der Waals surface area contributed by atoms with Gasteiger partial charge in [-0.2, -0.15) is 0 Å². The van der Waals surface area contributed by atoms with Crippen molar-refractivity contribution >= 4 is 5.95 Å². The number of nitrogens with one attached hydrogen (secondary N) is 1. The van der Waals surface area contributed by atoms with Gasteiger partial charge in [0.2, 0.25) is 5.95 Å². The highest BCUT2D eigenvalue weighted by Gasteiger charge is 2.29. The summed E-state index contributed by atoms with van der Waals surface area (Å²) in [4.78, 5) is 11.1. The molecule has 5 heteroatoms. The number of anilines is 1. The maximum atomic E-state index is 5.66. The number of methoxy groups -OCH3 is 1. The Hall–Kier alpha value is -1.20. The zero-order chi connectivity index (χ0) is 14.5. The lowest BCUT2D eigenvalue weighted by molar-refractivity contribution is 0.0370. The van der Waals surface area contributed by atoms with Crippen LogP contribution in [0.1, 0.15) is 38.5 Å². The lowest BCUT2D eigenvalue weighted by Gasteiger charge is -2.38. The largest absolute Gasteiger partial charge is 0.380 e. The molecular weight excluding hydrogens is 264 g/mol. The number of rotatable bonds is 4. The Balaban J connectivity index is 1.58. The van der Waals surface area contributed by atoms with Crippen molar-refractivity contribution in [3.8, 4) is 0 Å². The molecule has 116 valence electrons. The molecule has 0 radical (unpaired) electrons. The fourth-order valence-corrected chi connectivity index (χ4v) is 3.62. The summed E-state index contributed by atoms with van der Waals surface area (Å²) < 4.78 is 5.66. The summed E-state index contributed by atoms with van der Waals surface area (Å²) in [5.41, 5.74) is 0. The fourth-order valence-electron chi connectivity index (χ4n) is 3.62. The molecule has 2 aliphatic rings. The minimum atomic E-state index is 0.377. The number of piperidine rings is 1. The number of ether oxygens (including phenoxy) is 1. The van der Waals surface area contributed by atoms with Gasteiger partial charge >= 0.3 is 0 Å². The third-order valence-corrected chi connectivity index (χ3v) is 4.71. The van der Waals surface area contributed by atoms with Crippen LogP contribution in [0, 0.1) is 0 Å². The average Bonchev–Trinajstić information content (AvgIpc) is 2.56. The summed E-state index contributed by atoms with van der Waals surface area (Å²) in [5.74, 6) is 0.857. The van der Waals surface area contributed by atoms with E-state index in [2.05, 4.69) is 20.2 Å². The van der Waals surface area contributed by atoms with Crippen molar-refractivity contribution in [2.75, 3.05) is 25.1 Å². The molecule has 0 aromatic carbocycles. The highest BCUT2D eigenvalue weighted by molar-refractivity contribution is 5.29. The average molecular weight is 290 g/mol. The molecule has 2 heterocycles. The molecular formula is C16H26N4O. The summed E-state index contributed by atoms with van der Waals surface area (Å²) in [6, 6.07) is 2.89. The molecule has 1 aromatic heterocycles. The lowest BCUT2D eigenvalue weighted by atomic mass is 9.91. The summed E-state index contributed by atoms with van der Waals surface area (Å²) >= 11 is 0. The zero-order valence-corrected chi connectivity index (χ0v) is 12.9. The van der Waals surface area contributed by atoms with E-state index < -0.39 is 0 Å². The highest BCUT2D eigenvalue weighted by atomic mass is 16.5. The molecule has 3 rings (SSSR count). The van der Waals surface area contributed by atoms with Crippen molar-refractivity contribution in [3.63, 3.8) is 0 Å². The molecule has 3 atom stereocenters. The van der Waals surface area contributed by atoms with Crippen LogP contribution in [-0.2, 0) is 4.74 Å². The Labute approximate surface area is 127 Å². The molecule has 1 saturated carbocycles. The smallest absolute Gasteiger partial charge is 0.225 e. The van der Waals surface area contributed by atoms with Gasteiger partial charge in [0.1, 0.15) is 0 Å². The second kappa shape index (κ2) is 7.18. The van der Waals surface area contributed by atoms with Gasteiger partial charge in [0.05, 0.1) is 6.10 Å². The van der Waals surface area contributed by atoms with Crippen molar-refractivity contribution < 1.29 is 4.74 Å². The van der Waals surface area contributed by atoms with Gasteiger partial charge in [0, 0.05) is 44.7 Å². The third kappa shape index (κ3) is 3.71. The first-order valence-electron chi connectivity index (χ1n) is 8.17. The highest BCUT2D eigenvalue weighted by Crippen LogP contribution is 2.23. The Kier molecular flexibility index (Phi) is 5.04. The molecule has 2 fully saturated rings. The molecule has 5 nitrogen and oxygen atoms in total. The van der Waals surface area contributed by atoms with Gasteiger partial charge in [-0.15, -0.1) is 0 Å². The lowest BCUT2D eigenvalue weighted by Crippen LogP contribution is -2.53. The number of hydrogen-bond acceptors (Lipinski definition) is 5. The van der Waals surface area contributed by atoms with Crippen molar-refractivity contribution in [3.05, 3.63) is 18.5 Å². The Morgan fingerprint density at radius 1 is 1.14 bits per heavy atom. The van der Waals surface area contributed by atoms with Crippen LogP contribution in [0.15, 0.2) is 18.5 Å². The van der Waals surface area contributed by atoms with Crippen LogP contribution in [0.3, 0.4) is 0 Å². The van der Waals surface area contributed by atoms with Gasteiger partial charge < -0.3 is 15.0 Å². The number of nitrogens with zero attached hydrogens (tertiary/aromatic N) is 3. The van der Waals surface area contributed by atoms with E-state index >= 15 is 0 Å². The number of hydrogen-bond donors (Lipinski definition) is 1. The van der Waals surface area contributed by atoms with E-state index in [0.29, 0.717) is 18.2 Å². The molecule has 21 heavy (non-hydrogen) atoms. The van der Waals surface area contributed by atoms with Crippen LogP contribution < -0.4 is 10.2 Å². The van der Waals surface area contributed by atoms with Crippen molar-refractivity contribution in [2.24, 2.45) is 0 Å². The molecule has 1 aliphatic heterocycles. The summed E-state index contributed by atoms with van der Waals surface area (Å²) in [5, 5.41) is 3.84. The van der Waals surface area contributed by atoms with E-state index in [4.69, 9.17) is 4.74 Å². The van der Waals surface area contributed by atoms with Crippen LogP contribution in [0.4, 0.5) is 5.95 Å². The molecule has 3 unspecified atom stereocenters. The second-order valence-corrected chi connectivity index (χ2v) is 6.17. The zero-order valence-electron chi connectivity index (χ0n) is 12.9. The Morgan fingerprint density at radius 2 is 1.95 bits per heavy atom. The summed E-state index contributed by atoms with van der Waals surface area (Å²) in [7, 11) is 1.84. The first kappa shape index (κ1) is 14.7. The van der Waals surface area contributed by atoms with E-state index in [0.717, 1.165) is 19.0 Å². The molecule has 1 aliphatic carbocycles. The molecule has 1 aromatic rings. The molecule has 1 N–H and O–H groups in total. The van der Waals surface area contributed by atoms with Crippen LogP contribution in [0.2, 0.25) is 0 Å². The Bertz CT molecular complexity index is 428. The monoisotopic (exact) mass is 290 g/mol. The van der Waals surface area contributed by atoms with Gasteiger partial charge in [-0.05, 0) is 31.7 Å². The number of aromatic nitrogens is 2. The van der Waals surface area contributed by atoms with Gasteiger partial charge in [0.15, 0.2) is 0 Å². The predicted octanol–water partition coefficient (Wildman–Crippen LogP) is 1.99. The normalized spacial score (nSPS) is 30.3. The quantitative estimate of drug-likeness (QED) is 0.919.